The van der Waals surface area contributed by atoms with Crippen LogP contribution in [0.4, 0.5) is 15.3 Å². The lowest BCUT2D eigenvalue weighted by molar-refractivity contribution is -0.111. The summed E-state index contributed by atoms with van der Waals surface area (Å²) in [6.45, 7) is 5.07. The minimum atomic E-state index is -4.85. The van der Waals surface area contributed by atoms with Gasteiger partial charge in [0.05, 0.1) is 5.75 Å². The van der Waals surface area contributed by atoms with E-state index in [0.717, 1.165) is 23.4 Å². The third-order valence-electron chi connectivity index (χ3n) is 4.72. The molecule has 200 valence electrons. The molecule has 1 aliphatic rings. The number of rotatable bonds is 6. The molecule has 6 N–H and O–H groups in total. The molecule has 0 spiro atoms. The monoisotopic (exact) mass is 554 g/mol. The first-order valence-corrected chi connectivity index (χ1v) is 13.6. The maximum atomic E-state index is 13.1. The van der Waals surface area contributed by atoms with Crippen molar-refractivity contribution in [1.29, 1.82) is 0 Å². The van der Waals surface area contributed by atoms with Gasteiger partial charge in [-0.1, -0.05) is 18.2 Å². The van der Waals surface area contributed by atoms with Gasteiger partial charge in [0.1, 0.15) is 10.6 Å². The first-order chi connectivity index (χ1) is 17.0. The van der Waals surface area contributed by atoms with Gasteiger partial charge < -0.3 is 16.8 Å². The summed E-state index contributed by atoms with van der Waals surface area (Å²) in [6.07, 6.45) is 2.85. The van der Waals surface area contributed by atoms with Crippen LogP contribution in [-0.2, 0) is 25.1 Å². The summed E-state index contributed by atoms with van der Waals surface area (Å²) in [5, 5.41) is 2.48. The van der Waals surface area contributed by atoms with E-state index in [4.69, 9.17) is 16.0 Å². The van der Waals surface area contributed by atoms with Gasteiger partial charge in [-0.05, 0) is 62.7 Å². The third kappa shape index (κ3) is 8.96. The van der Waals surface area contributed by atoms with Crippen molar-refractivity contribution in [2.45, 2.75) is 31.3 Å². The molecule has 37 heavy (non-hydrogen) atoms. The Labute approximate surface area is 214 Å². The molecule has 0 fully saturated rings. The van der Waals surface area contributed by atoms with E-state index in [2.05, 4.69) is 15.3 Å². The zero-order chi connectivity index (χ0) is 28.0. The van der Waals surface area contributed by atoms with Gasteiger partial charge in [-0.15, -0.1) is 3.89 Å². The van der Waals surface area contributed by atoms with E-state index in [1.165, 1.54) is 25.1 Å². The first-order valence-electron chi connectivity index (χ1n) is 10.6. The molecular weight excluding hydrogens is 527 g/mol. The molecule has 0 radical (unpaired) electrons. The number of nitrogens with zero attached hydrogens (tertiary/aromatic N) is 3. The summed E-state index contributed by atoms with van der Waals surface area (Å²) in [5.74, 6) is -0.375. The average molecular weight is 555 g/mol. The fourth-order valence-electron chi connectivity index (χ4n) is 3.07. The van der Waals surface area contributed by atoms with Gasteiger partial charge in [0.2, 0.25) is 17.8 Å². The molecule has 15 heteroatoms. The number of guanidine groups is 2. The fourth-order valence-corrected chi connectivity index (χ4v) is 3.58. The second kappa shape index (κ2) is 11.5. The zero-order valence-corrected chi connectivity index (χ0v) is 21.8. The van der Waals surface area contributed by atoms with E-state index in [1.807, 2.05) is 13.8 Å². The quantitative estimate of drug-likeness (QED) is 0.234. The second-order valence-corrected chi connectivity index (χ2v) is 11.1. The predicted molar refractivity (Wildman–Crippen MR) is 141 cm³/mol. The van der Waals surface area contributed by atoms with E-state index in [9.17, 15) is 25.5 Å². The van der Waals surface area contributed by atoms with Crippen LogP contribution < -0.4 is 21.7 Å². The Hall–Kier alpha value is -3.82. The molecule has 0 bridgehead atoms. The lowest BCUT2D eigenvalue weighted by Crippen LogP contribution is -2.54. The normalized spacial score (nSPS) is 15.3. The van der Waals surface area contributed by atoms with E-state index in [1.54, 1.807) is 35.2 Å². The molecule has 1 amide bonds. The van der Waals surface area contributed by atoms with Crippen molar-refractivity contribution in [1.82, 2.24) is 0 Å². The topological polar surface area (TPSA) is 198 Å². The molecule has 12 nitrogen and oxygen atoms in total. The van der Waals surface area contributed by atoms with Gasteiger partial charge >= 0.3 is 10.2 Å². The van der Waals surface area contributed by atoms with Crippen molar-refractivity contribution in [3.8, 4) is 0 Å². The summed E-state index contributed by atoms with van der Waals surface area (Å²) in [7, 11) is -8.51. The molecule has 2 aromatic carbocycles. The number of carbonyl (C=O) groups excluding carboxylic acids is 1. The molecule has 3 rings (SSSR count). The number of nitrogens with two attached hydrogens (primary N) is 2. The molecule has 1 heterocycles. The van der Waals surface area contributed by atoms with Crippen molar-refractivity contribution in [3.63, 3.8) is 0 Å². The lowest BCUT2D eigenvalue weighted by Gasteiger charge is -2.38. The maximum absolute atomic E-state index is 13.1. The third-order valence-corrected chi connectivity index (χ3v) is 6.27. The van der Waals surface area contributed by atoms with Crippen LogP contribution in [-0.4, -0.2) is 50.6 Å². The van der Waals surface area contributed by atoms with Gasteiger partial charge in [-0.3, -0.25) is 14.2 Å². The van der Waals surface area contributed by atoms with Crippen LogP contribution in [0.3, 0.4) is 0 Å². The largest absolute Gasteiger partial charge is 0.369 e. The van der Waals surface area contributed by atoms with Crippen molar-refractivity contribution >= 4 is 55.6 Å². The Kier molecular flexibility index (Phi) is 9.13. The molecule has 0 saturated carbocycles. The number of aliphatic imine (C=N–C) groups is 2. The summed E-state index contributed by atoms with van der Waals surface area (Å²) in [5.41, 5.74) is 12.6. The number of halogens is 1. The van der Waals surface area contributed by atoms with Crippen molar-refractivity contribution in [2.24, 2.45) is 21.5 Å². The molecule has 0 aromatic heterocycles. The highest BCUT2D eigenvalue weighted by atomic mass is 32.3. The predicted octanol–water partition coefficient (Wildman–Crippen LogP) is 2.08. The van der Waals surface area contributed by atoms with Crippen LogP contribution in [0.1, 0.15) is 26.3 Å². The zero-order valence-electron chi connectivity index (χ0n) is 20.2. The van der Waals surface area contributed by atoms with Crippen LogP contribution in [0, 0.1) is 0 Å². The van der Waals surface area contributed by atoms with Crippen LogP contribution >= 0.6 is 0 Å². The number of hydrogen-bond acceptors (Lipinski definition) is 10. The second-order valence-electron chi connectivity index (χ2n) is 8.02. The van der Waals surface area contributed by atoms with Crippen molar-refractivity contribution < 1.29 is 30.1 Å². The molecule has 0 saturated heterocycles. The number of hydrogen-bond donors (Lipinski definition) is 4. The van der Waals surface area contributed by atoms with Gasteiger partial charge in [-0.2, -0.15) is 21.8 Å². The van der Waals surface area contributed by atoms with Gasteiger partial charge in [0, 0.05) is 17.5 Å². The van der Waals surface area contributed by atoms with Crippen LogP contribution in [0.2, 0.25) is 0 Å². The molecular formula is C22H27FN6O6S2. The van der Waals surface area contributed by atoms with E-state index in [0.29, 0.717) is 0 Å². The van der Waals surface area contributed by atoms with E-state index in [-0.39, 0.29) is 23.4 Å². The smallest absolute Gasteiger partial charge is 0.332 e. The Morgan fingerprint density at radius 1 is 1.14 bits per heavy atom. The highest BCUT2D eigenvalue weighted by molar-refractivity contribution is 7.86. The number of nitrogens with one attached hydrogen (secondary N) is 1. The highest BCUT2D eigenvalue weighted by Crippen LogP contribution is 2.27. The van der Waals surface area contributed by atoms with Gasteiger partial charge in [-0.25, -0.2) is 4.99 Å². The lowest BCUT2D eigenvalue weighted by atomic mass is 10.1. The Bertz CT molecular complexity index is 1450. The highest BCUT2D eigenvalue weighted by Gasteiger charge is 2.32. The molecule has 2 aromatic rings. The molecule has 0 atom stereocenters. The summed E-state index contributed by atoms with van der Waals surface area (Å²) < 4.78 is 61.9. The molecule has 0 unspecified atom stereocenters. The minimum Gasteiger partial charge on any atom is -0.369 e. The van der Waals surface area contributed by atoms with Crippen molar-refractivity contribution in [2.75, 3.05) is 16.0 Å². The average Bonchev–Trinajstić information content (AvgIpc) is 2.77. The van der Waals surface area contributed by atoms with E-state index < -0.39 is 36.8 Å². The summed E-state index contributed by atoms with van der Waals surface area (Å²) in [4.78, 5) is 21.6. The number of anilines is 2. The van der Waals surface area contributed by atoms with Crippen LogP contribution in [0.25, 0.3) is 6.08 Å². The van der Waals surface area contributed by atoms with Crippen LogP contribution in [0.5, 0.6) is 0 Å². The Morgan fingerprint density at radius 3 is 2.24 bits per heavy atom. The Balaban J connectivity index is 0.000000717. The number of carbonyl (C=O) groups is 1. The van der Waals surface area contributed by atoms with Gasteiger partial charge in [0.25, 0.3) is 10.1 Å². The minimum absolute atomic E-state index is 0.110. The van der Waals surface area contributed by atoms with Crippen LogP contribution in [0.15, 0.2) is 69.5 Å². The first kappa shape index (κ1) is 29.4. The molecule has 0 aliphatic carbocycles. The summed E-state index contributed by atoms with van der Waals surface area (Å²) in [6, 6.07) is 12.1. The Morgan fingerprint density at radius 2 is 1.73 bits per heavy atom. The number of amides is 1. The fraction of sp³-hybridized carbons (Fsp3) is 0.227. The number of benzene rings is 2. The van der Waals surface area contributed by atoms with Crippen molar-refractivity contribution in [3.05, 3.63) is 60.2 Å². The standard InChI is InChI=1S/C20H21FN6O3S.C2H6O3S/c1-20(2)26-18(22)25-19(23)27(20)15-9-6-13(7-10-15)8-11-17(28)24-14-4-3-5-16(12-14)31(21,29)30;1-2-6(3,4)5/h3-12H,1-2H3,(H,24,28)(H4,22,23,25,26);2H2,1H3,(H,3,4,5)/b11-8+;. The van der Waals surface area contributed by atoms with Gasteiger partial charge in [0.15, 0.2) is 0 Å². The summed E-state index contributed by atoms with van der Waals surface area (Å²) >= 11 is 0. The van der Waals surface area contributed by atoms with E-state index >= 15 is 0 Å². The maximum Gasteiger partial charge on any atom is 0.332 e. The molecule has 1 aliphatic heterocycles. The SMILES string of the molecule is CC1(C)N=C(N)N=C(N)N1c1ccc(/C=C/C(=O)Nc2cccc(S(=O)(=O)F)c2)cc1.CCS(=O)(=O)O.